The van der Waals surface area contributed by atoms with E-state index in [4.69, 9.17) is 0 Å². The van der Waals surface area contributed by atoms with Crippen LogP contribution in [0.25, 0.3) is 0 Å². The maximum Gasteiger partial charge on any atom is 0.254 e. The zero-order valence-electron chi connectivity index (χ0n) is 16.3. The summed E-state index contributed by atoms with van der Waals surface area (Å²) in [5, 5.41) is 7.28. The quantitative estimate of drug-likeness (QED) is 0.727. The second kappa shape index (κ2) is 8.26. The highest BCUT2D eigenvalue weighted by atomic mass is 16.2. The van der Waals surface area contributed by atoms with E-state index in [0.717, 1.165) is 17.0 Å². The highest BCUT2D eigenvalue weighted by Gasteiger charge is 2.30. The van der Waals surface area contributed by atoms with E-state index in [-0.39, 0.29) is 24.3 Å². The van der Waals surface area contributed by atoms with Crippen LogP contribution in [0.15, 0.2) is 60.9 Å². The molecule has 148 valence electrons. The summed E-state index contributed by atoms with van der Waals surface area (Å²) in [6.07, 6.45) is 3.67. The Morgan fingerprint density at radius 1 is 1.14 bits per heavy atom. The predicted molar refractivity (Wildman–Crippen MR) is 108 cm³/mol. The van der Waals surface area contributed by atoms with Crippen molar-refractivity contribution >= 4 is 11.8 Å². The largest absolute Gasteiger partial charge is 0.350 e. The molecule has 3 heterocycles. The first-order chi connectivity index (χ1) is 14.1. The number of nitrogens with zero attached hydrogens (tertiary/aromatic N) is 4. The number of benzene rings is 1. The van der Waals surface area contributed by atoms with Gasteiger partial charge in [-0.15, -0.1) is 0 Å². The molecule has 0 saturated carbocycles. The molecule has 1 atom stereocenters. The fourth-order valence-corrected chi connectivity index (χ4v) is 3.63. The highest BCUT2D eigenvalue weighted by Crippen LogP contribution is 2.24. The Hall–Kier alpha value is -3.48. The standard InChI is InChI=1S/C22H23N5O2/c1-16-5-4-6-17(11-16)22(29)26-14-19-8-10-25-27(19)20(15-26)12-21(28)24-13-18-7-2-3-9-23-18/h2-11,20H,12-15H2,1H3,(H,24,28)/t20-/m0/s1. The normalized spacial score (nSPS) is 15.6. The summed E-state index contributed by atoms with van der Waals surface area (Å²) < 4.78 is 1.86. The molecule has 29 heavy (non-hydrogen) atoms. The molecule has 7 nitrogen and oxygen atoms in total. The lowest BCUT2D eigenvalue weighted by Crippen LogP contribution is -2.43. The van der Waals surface area contributed by atoms with Crippen LogP contribution in [-0.2, 0) is 17.9 Å². The minimum absolute atomic E-state index is 0.0277. The van der Waals surface area contributed by atoms with Gasteiger partial charge < -0.3 is 10.2 Å². The van der Waals surface area contributed by atoms with Crippen LogP contribution in [0.5, 0.6) is 0 Å². The summed E-state index contributed by atoms with van der Waals surface area (Å²) in [6, 6.07) is 14.9. The topological polar surface area (TPSA) is 80.1 Å². The van der Waals surface area contributed by atoms with Gasteiger partial charge in [0, 0.05) is 24.5 Å². The Morgan fingerprint density at radius 2 is 2.03 bits per heavy atom. The molecule has 0 spiro atoms. The molecule has 0 radical (unpaired) electrons. The first-order valence-corrected chi connectivity index (χ1v) is 9.65. The van der Waals surface area contributed by atoms with Crippen LogP contribution >= 0.6 is 0 Å². The minimum Gasteiger partial charge on any atom is -0.350 e. The molecular formula is C22H23N5O2. The zero-order valence-corrected chi connectivity index (χ0v) is 16.3. The Bertz CT molecular complexity index is 1010. The average molecular weight is 389 g/mol. The van der Waals surface area contributed by atoms with Crippen LogP contribution in [0.3, 0.4) is 0 Å². The SMILES string of the molecule is Cc1cccc(C(=O)N2Cc3ccnn3[C@@H](CC(=O)NCc3ccccn3)C2)c1. The van der Waals surface area contributed by atoms with Gasteiger partial charge >= 0.3 is 0 Å². The molecule has 1 aliphatic rings. The molecule has 1 N–H and O–H groups in total. The van der Waals surface area contributed by atoms with E-state index in [0.29, 0.717) is 25.2 Å². The van der Waals surface area contributed by atoms with Crippen LogP contribution in [-0.4, -0.2) is 38.0 Å². The van der Waals surface area contributed by atoms with Gasteiger partial charge in [0.15, 0.2) is 0 Å². The number of hydrogen-bond donors (Lipinski definition) is 1. The zero-order chi connectivity index (χ0) is 20.2. The molecule has 7 heteroatoms. The number of aromatic nitrogens is 3. The number of aryl methyl sites for hydroxylation is 1. The summed E-state index contributed by atoms with van der Waals surface area (Å²) in [5.41, 5.74) is 3.44. The van der Waals surface area contributed by atoms with Gasteiger partial charge in [0.05, 0.1) is 36.9 Å². The van der Waals surface area contributed by atoms with Crippen molar-refractivity contribution < 1.29 is 9.59 Å². The van der Waals surface area contributed by atoms with E-state index < -0.39 is 0 Å². The van der Waals surface area contributed by atoms with E-state index in [1.165, 1.54) is 0 Å². The number of nitrogens with one attached hydrogen (secondary N) is 1. The number of fused-ring (bicyclic) bond motifs is 1. The Balaban J connectivity index is 1.45. The molecule has 0 unspecified atom stereocenters. The van der Waals surface area contributed by atoms with E-state index in [9.17, 15) is 9.59 Å². The van der Waals surface area contributed by atoms with Gasteiger partial charge in [0.2, 0.25) is 5.91 Å². The van der Waals surface area contributed by atoms with Crippen LogP contribution in [0.1, 0.15) is 39.8 Å². The monoisotopic (exact) mass is 389 g/mol. The molecule has 0 aliphatic carbocycles. The molecule has 0 bridgehead atoms. The molecule has 1 aromatic carbocycles. The molecule has 2 amide bonds. The molecule has 3 aromatic rings. The van der Waals surface area contributed by atoms with Crippen LogP contribution in [0.4, 0.5) is 0 Å². The maximum absolute atomic E-state index is 13.0. The van der Waals surface area contributed by atoms with E-state index in [1.54, 1.807) is 17.3 Å². The lowest BCUT2D eigenvalue weighted by molar-refractivity contribution is -0.122. The molecule has 0 saturated heterocycles. The lowest BCUT2D eigenvalue weighted by Gasteiger charge is -2.33. The maximum atomic E-state index is 13.0. The summed E-state index contributed by atoms with van der Waals surface area (Å²) in [4.78, 5) is 31.5. The van der Waals surface area contributed by atoms with Gasteiger partial charge in [-0.3, -0.25) is 19.3 Å². The van der Waals surface area contributed by atoms with Gasteiger partial charge in [0.1, 0.15) is 0 Å². The van der Waals surface area contributed by atoms with Crippen LogP contribution in [0.2, 0.25) is 0 Å². The smallest absolute Gasteiger partial charge is 0.254 e. The third kappa shape index (κ3) is 4.34. The number of hydrogen-bond acceptors (Lipinski definition) is 4. The van der Waals surface area contributed by atoms with Gasteiger partial charge in [-0.05, 0) is 37.3 Å². The number of rotatable bonds is 5. The van der Waals surface area contributed by atoms with Crippen molar-refractivity contribution in [2.45, 2.75) is 32.5 Å². The van der Waals surface area contributed by atoms with Crippen molar-refractivity contribution in [1.82, 2.24) is 25.0 Å². The van der Waals surface area contributed by atoms with Crippen molar-refractivity contribution in [3.8, 4) is 0 Å². The van der Waals surface area contributed by atoms with Crippen molar-refractivity contribution in [3.63, 3.8) is 0 Å². The number of amides is 2. The fraction of sp³-hybridized carbons (Fsp3) is 0.273. The number of carbonyl (C=O) groups is 2. The van der Waals surface area contributed by atoms with Gasteiger partial charge in [-0.25, -0.2) is 0 Å². The Morgan fingerprint density at radius 3 is 2.83 bits per heavy atom. The Labute approximate surface area is 169 Å². The minimum atomic E-state index is -0.203. The van der Waals surface area contributed by atoms with Gasteiger partial charge in [-0.1, -0.05) is 23.8 Å². The van der Waals surface area contributed by atoms with Crippen molar-refractivity contribution in [3.05, 3.63) is 83.4 Å². The van der Waals surface area contributed by atoms with Crippen molar-refractivity contribution in [1.29, 1.82) is 0 Å². The molecule has 0 fully saturated rings. The third-order valence-corrected chi connectivity index (χ3v) is 5.05. The van der Waals surface area contributed by atoms with Crippen molar-refractivity contribution in [2.75, 3.05) is 6.54 Å². The van der Waals surface area contributed by atoms with E-state index in [1.807, 2.05) is 60.1 Å². The summed E-state index contributed by atoms with van der Waals surface area (Å²) in [6.45, 7) is 3.28. The fourth-order valence-electron chi connectivity index (χ4n) is 3.63. The highest BCUT2D eigenvalue weighted by molar-refractivity contribution is 5.94. The molecule has 4 rings (SSSR count). The molecular weight excluding hydrogens is 366 g/mol. The van der Waals surface area contributed by atoms with Gasteiger partial charge in [-0.2, -0.15) is 5.10 Å². The molecule has 2 aromatic heterocycles. The first kappa shape index (κ1) is 18.9. The van der Waals surface area contributed by atoms with E-state index in [2.05, 4.69) is 15.4 Å². The van der Waals surface area contributed by atoms with Crippen LogP contribution < -0.4 is 5.32 Å². The average Bonchev–Trinajstić information content (AvgIpc) is 3.21. The second-order valence-corrected chi connectivity index (χ2v) is 7.28. The number of pyridine rings is 1. The predicted octanol–water partition coefficient (Wildman–Crippen LogP) is 2.49. The lowest BCUT2D eigenvalue weighted by atomic mass is 10.1. The first-order valence-electron chi connectivity index (χ1n) is 9.65. The summed E-state index contributed by atoms with van der Waals surface area (Å²) in [5.74, 6) is -0.119. The third-order valence-electron chi connectivity index (χ3n) is 5.05. The second-order valence-electron chi connectivity index (χ2n) is 7.28. The summed E-state index contributed by atoms with van der Waals surface area (Å²) >= 11 is 0. The van der Waals surface area contributed by atoms with Crippen molar-refractivity contribution in [2.24, 2.45) is 0 Å². The van der Waals surface area contributed by atoms with Crippen LogP contribution in [0, 0.1) is 6.92 Å². The van der Waals surface area contributed by atoms with E-state index >= 15 is 0 Å². The van der Waals surface area contributed by atoms with Gasteiger partial charge in [0.25, 0.3) is 5.91 Å². The molecule has 1 aliphatic heterocycles. The Kier molecular flexibility index (Phi) is 5.37. The summed E-state index contributed by atoms with van der Waals surface area (Å²) in [7, 11) is 0. The number of carbonyl (C=O) groups excluding carboxylic acids is 2.